The van der Waals surface area contributed by atoms with Crippen molar-refractivity contribution < 1.29 is 17.1 Å². The molecule has 0 amide bonds. The van der Waals surface area contributed by atoms with E-state index in [9.17, 15) is 0 Å². The van der Waals surface area contributed by atoms with E-state index in [4.69, 9.17) is 0 Å². The second kappa shape index (κ2) is 5.63. The number of nitrogens with one attached hydrogen (secondary N) is 1. The van der Waals surface area contributed by atoms with Gasteiger partial charge in [-0.3, -0.25) is 9.97 Å². The first-order valence-electron chi connectivity index (χ1n) is 4.87. The van der Waals surface area contributed by atoms with Gasteiger partial charge in [-0.25, -0.2) is 0 Å². The largest absolute Gasteiger partial charge is 0.353 e. The van der Waals surface area contributed by atoms with Crippen LogP contribution in [-0.2, 0) is 17.1 Å². The van der Waals surface area contributed by atoms with Gasteiger partial charge in [-0.2, -0.15) is 0 Å². The van der Waals surface area contributed by atoms with Gasteiger partial charge in [0, 0.05) is 29.5 Å². The smallest absolute Gasteiger partial charge is 0.0607 e. The van der Waals surface area contributed by atoms with Crippen LogP contribution >= 0.6 is 0 Å². The Balaban J connectivity index is 0.00000128. The Morgan fingerprint density at radius 1 is 0.875 bits per heavy atom. The Morgan fingerprint density at radius 2 is 1.31 bits per heavy atom. The van der Waals surface area contributed by atoms with Crippen molar-refractivity contribution >= 4 is 11.4 Å². The molecule has 2 rings (SSSR count). The van der Waals surface area contributed by atoms with E-state index in [2.05, 4.69) is 15.3 Å². The van der Waals surface area contributed by atoms with E-state index in [0.717, 1.165) is 22.8 Å². The topological polar surface area (TPSA) is 37.8 Å². The van der Waals surface area contributed by atoms with Gasteiger partial charge in [0.1, 0.15) is 0 Å². The molecule has 0 aliphatic heterocycles. The summed E-state index contributed by atoms with van der Waals surface area (Å²) in [4.78, 5) is 8.44. The van der Waals surface area contributed by atoms with Crippen molar-refractivity contribution in [1.82, 2.24) is 9.97 Å². The zero-order valence-corrected chi connectivity index (χ0v) is 10.1. The van der Waals surface area contributed by atoms with Gasteiger partial charge in [0.05, 0.1) is 22.8 Å². The van der Waals surface area contributed by atoms with Crippen molar-refractivity contribution in [1.29, 1.82) is 0 Å². The van der Waals surface area contributed by atoms with Crippen molar-refractivity contribution in [2.75, 3.05) is 5.32 Å². The monoisotopic (exact) mass is 262 g/mol. The van der Waals surface area contributed by atoms with Crippen LogP contribution in [0.15, 0.2) is 36.7 Å². The summed E-state index contributed by atoms with van der Waals surface area (Å²) in [6.07, 6.45) is 3.58. The first kappa shape index (κ1) is 12.7. The third-order valence-corrected chi connectivity index (χ3v) is 2.28. The molecule has 1 radical (unpaired) electrons. The normalized spacial score (nSPS) is 9.38. The van der Waals surface area contributed by atoms with Gasteiger partial charge in [0.2, 0.25) is 0 Å². The number of anilines is 2. The molecule has 0 saturated heterocycles. The number of hydrogen-bond acceptors (Lipinski definition) is 3. The third kappa shape index (κ3) is 2.81. The minimum absolute atomic E-state index is 0. The average Bonchev–Trinajstić information content (AvgIpc) is 2.24. The van der Waals surface area contributed by atoms with Crippen LogP contribution in [-0.4, -0.2) is 9.97 Å². The van der Waals surface area contributed by atoms with Crippen molar-refractivity contribution in [3.63, 3.8) is 0 Å². The molecule has 2 aromatic heterocycles. The van der Waals surface area contributed by atoms with Crippen molar-refractivity contribution in [2.24, 2.45) is 0 Å². The SMILES string of the molecule is Cc1ncccc1Nc1cccnc1C.[Cu]. The molecule has 0 aromatic carbocycles. The molecule has 0 unspecified atom stereocenters. The van der Waals surface area contributed by atoms with Gasteiger partial charge in [0.25, 0.3) is 0 Å². The van der Waals surface area contributed by atoms with Crippen molar-refractivity contribution in [3.05, 3.63) is 48.0 Å². The van der Waals surface area contributed by atoms with E-state index in [1.807, 2.05) is 38.1 Å². The van der Waals surface area contributed by atoms with Crippen LogP contribution in [0, 0.1) is 13.8 Å². The summed E-state index contributed by atoms with van der Waals surface area (Å²) in [6, 6.07) is 7.85. The number of pyridine rings is 2. The van der Waals surface area contributed by atoms with Crippen molar-refractivity contribution in [3.8, 4) is 0 Å². The third-order valence-electron chi connectivity index (χ3n) is 2.28. The summed E-state index contributed by atoms with van der Waals surface area (Å²) in [5, 5.41) is 3.32. The second-order valence-corrected chi connectivity index (χ2v) is 3.40. The fraction of sp³-hybridized carbons (Fsp3) is 0.167. The molecule has 3 nitrogen and oxygen atoms in total. The van der Waals surface area contributed by atoms with Crippen LogP contribution < -0.4 is 5.32 Å². The fourth-order valence-electron chi connectivity index (χ4n) is 1.38. The molecule has 2 heterocycles. The quantitative estimate of drug-likeness (QED) is 0.846. The Labute approximate surface area is 106 Å². The molecule has 0 fully saturated rings. The molecule has 0 saturated carbocycles. The molecular formula is C12H13CuN3. The second-order valence-electron chi connectivity index (χ2n) is 3.40. The first-order chi connectivity index (χ1) is 7.27. The van der Waals surface area contributed by atoms with Gasteiger partial charge in [0.15, 0.2) is 0 Å². The molecular weight excluding hydrogens is 250 g/mol. The maximum Gasteiger partial charge on any atom is 0.0607 e. The zero-order valence-electron chi connectivity index (χ0n) is 9.16. The summed E-state index contributed by atoms with van der Waals surface area (Å²) in [6.45, 7) is 3.96. The molecule has 16 heavy (non-hydrogen) atoms. The Morgan fingerprint density at radius 3 is 1.69 bits per heavy atom. The number of rotatable bonds is 2. The molecule has 0 aliphatic rings. The summed E-state index contributed by atoms with van der Waals surface area (Å²) in [5.41, 5.74) is 4.02. The molecule has 1 N–H and O–H groups in total. The zero-order chi connectivity index (χ0) is 10.7. The van der Waals surface area contributed by atoms with E-state index in [-0.39, 0.29) is 17.1 Å². The summed E-state index contributed by atoms with van der Waals surface area (Å²) < 4.78 is 0. The van der Waals surface area contributed by atoms with E-state index in [1.54, 1.807) is 12.4 Å². The predicted octanol–water partition coefficient (Wildman–Crippen LogP) is 2.83. The van der Waals surface area contributed by atoms with Crippen LogP contribution in [0.3, 0.4) is 0 Å². The van der Waals surface area contributed by atoms with Crippen LogP contribution in [0.1, 0.15) is 11.4 Å². The molecule has 0 bridgehead atoms. The summed E-state index contributed by atoms with van der Waals surface area (Å²) in [5.74, 6) is 0. The Kier molecular flexibility index (Phi) is 4.47. The molecule has 87 valence electrons. The van der Waals surface area contributed by atoms with Gasteiger partial charge in [-0.15, -0.1) is 0 Å². The van der Waals surface area contributed by atoms with E-state index in [1.165, 1.54) is 0 Å². The number of aromatic nitrogens is 2. The van der Waals surface area contributed by atoms with Gasteiger partial charge >= 0.3 is 0 Å². The van der Waals surface area contributed by atoms with Gasteiger partial charge in [-0.1, -0.05) is 0 Å². The number of nitrogens with zero attached hydrogens (tertiary/aromatic N) is 2. The van der Waals surface area contributed by atoms with Crippen LogP contribution in [0.25, 0.3) is 0 Å². The maximum atomic E-state index is 4.22. The minimum Gasteiger partial charge on any atom is -0.353 e. The van der Waals surface area contributed by atoms with Gasteiger partial charge < -0.3 is 5.32 Å². The summed E-state index contributed by atoms with van der Waals surface area (Å²) in [7, 11) is 0. The van der Waals surface area contributed by atoms with Crippen LogP contribution in [0.5, 0.6) is 0 Å². The molecule has 0 atom stereocenters. The predicted molar refractivity (Wildman–Crippen MR) is 61.2 cm³/mol. The van der Waals surface area contributed by atoms with E-state index >= 15 is 0 Å². The Bertz CT molecular complexity index is 428. The van der Waals surface area contributed by atoms with Crippen molar-refractivity contribution in [2.45, 2.75) is 13.8 Å². The van der Waals surface area contributed by atoms with Crippen LogP contribution in [0.2, 0.25) is 0 Å². The fourth-order valence-corrected chi connectivity index (χ4v) is 1.38. The van der Waals surface area contributed by atoms with Crippen LogP contribution in [0.4, 0.5) is 11.4 Å². The minimum atomic E-state index is 0. The maximum absolute atomic E-state index is 4.22. The average molecular weight is 263 g/mol. The number of aryl methyl sites for hydroxylation is 2. The molecule has 4 heteroatoms. The molecule has 0 aliphatic carbocycles. The standard InChI is InChI=1S/C12H13N3.Cu/c1-9-11(5-3-7-13-9)15-12-6-4-8-14-10(12)2;/h3-8,15H,1-2H3;. The van der Waals surface area contributed by atoms with E-state index < -0.39 is 0 Å². The van der Waals surface area contributed by atoms with E-state index in [0.29, 0.717) is 0 Å². The Hall–Kier alpha value is -1.38. The molecule has 0 spiro atoms. The van der Waals surface area contributed by atoms with Gasteiger partial charge in [-0.05, 0) is 38.1 Å². The summed E-state index contributed by atoms with van der Waals surface area (Å²) >= 11 is 0. The molecule has 2 aromatic rings. The first-order valence-corrected chi connectivity index (χ1v) is 4.87. The number of hydrogen-bond donors (Lipinski definition) is 1.